The number of hydrogen-bond donors (Lipinski definition) is 0. The Balaban J connectivity index is 2.67. The summed E-state index contributed by atoms with van der Waals surface area (Å²) in [5, 5.41) is 0. The van der Waals surface area contributed by atoms with Crippen molar-refractivity contribution >= 4 is 0 Å². The first-order chi connectivity index (χ1) is 10.4. The fourth-order valence-corrected chi connectivity index (χ4v) is 3.21. The Morgan fingerprint density at radius 1 is 0.818 bits per heavy atom. The number of nitrogens with zero attached hydrogens (tertiary/aromatic N) is 1. The lowest BCUT2D eigenvalue weighted by Gasteiger charge is -2.45. The third-order valence-electron chi connectivity index (χ3n) is 4.46. The van der Waals surface area contributed by atoms with Crippen molar-refractivity contribution in [2.75, 3.05) is 26.3 Å². The van der Waals surface area contributed by atoms with Crippen LogP contribution in [0.4, 0.5) is 22.0 Å². The van der Waals surface area contributed by atoms with Gasteiger partial charge in [-0.1, -0.05) is 13.8 Å². The maximum Gasteiger partial charge on any atom is 0.200 e. The van der Waals surface area contributed by atoms with Crippen LogP contribution < -0.4 is 0 Å². The van der Waals surface area contributed by atoms with Gasteiger partial charge in [-0.05, 0) is 12.8 Å². The maximum atomic E-state index is 14.2. The highest BCUT2D eigenvalue weighted by Gasteiger charge is 2.43. The molecule has 0 spiro atoms. The molecule has 0 amide bonds. The van der Waals surface area contributed by atoms with Crippen molar-refractivity contribution in [1.29, 1.82) is 0 Å². The van der Waals surface area contributed by atoms with Gasteiger partial charge in [0.05, 0.1) is 24.3 Å². The first kappa shape index (κ1) is 17.1. The molecule has 0 saturated carbocycles. The number of halogens is 5. The molecular formula is C15H18F5NO. The van der Waals surface area contributed by atoms with E-state index in [1.807, 2.05) is 0 Å². The van der Waals surface area contributed by atoms with Crippen LogP contribution in [0.3, 0.4) is 0 Å². The molecule has 2 rings (SSSR count). The van der Waals surface area contributed by atoms with E-state index in [1.54, 1.807) is 18.7 Å². The van der Waals surface area contributed by atoms with Crippen molar-refractivity contribution in [3.05, 3.63) is 34.6 Å². The zero-order chi connectivity index (χ0) is 16.5. The standard InChI is InChI=1S/C15H18F5NO/c1-3-15(4-2,21-5-7-22-8-6-21)9-10(16)12(18)14(20)13(19)11(9)17/h3-8H2,1-2H3. The van der Waals surface area contributed by atoms with E-state index < -0.39 is 40.2 Å². The van der Waals surface area contributed by atoms with E-state index in [9.17, 15) is 22.0 Å². The molecule has 1 aromatic carbocycles. The lowest BCUT2D eigenvalue weighted by Crippen LogP contribution is -2.52. The van der Waals surface area contributed by atoms with E-state index in [0.29, 0.717) is 26.3 Å². The minimum Gasteiger partial charge on any atom is -0.379 e. The van der Waals surface area contributed by atoms with Crippen molar-refractivity contribution in [2.45, 2.75) is 32.2 Å². The van der Waals surface area contributed by atoms with Crippen LogP contribution in [0, 0.1) is 29.1 Å². The largest absolute Gasteiger partial charge is 0.379 e. The van der Waals surface area contributed by atoms with E-state index in [2.05, 4.69) is 0 Å². The molecule has 0 N–H and O–H groups in total. The van der Waals surface area contributed by atoms with Gasteiger partial charge in [-0.2, -0.15) is 0 Å². The highest BCUT2D eigenvalue weighted by atomic mass is 19.2. The molecule has 0 radical (unpaired) electrons. The van der Waals surface area contributed by atoms with Crippen molar-refractivity contribution in [1.82, 2.24) is 4.90 Å². The first-order valence-electron chi connectivity index (χ1n) is 7.25. The molecule has 0 aliphatic carbocycles. The molecule has 0 atom stereocenters. The molecule has 1 saturated heterocycles. The summed E-state index contributed by atoms with van der Waals surface area (Å²) in [6, 6.07) is 0. The molecule has 1 aromatic rings. The molecule has 1 fully saturated rings. The quantitative estimate of drug-likeness (QED) is 0.476. The number of benzene rings is 1. The predicted octanol–water partition coefficient (Wildman–Crippen LogP) is 3.73. The molecule has 1 heterocycles. The second kappa shape index (κ2) is 6.50. The lowest BCUT2D eigenvalue weighted by molar-refractivity contribution is -0.0323. The van der Waals surface area contributed by atoms with Gasteiger partial charge in [0.25, 0.3) is 0 Å². The Hall–Kier alpha value is -1.21. The van der Waals surface area contributed by atoms with Crippen molar-refractivity contribution in [3.63, 3.8) is 0 Å². The van der Waals surface area contributed by atoms with Gasteiger partial charge >= 0.3 is 0 Å². The Morgan fingerprint density at radius 3 is 1.64 bits per heavy atom. The number of hydrogen-bond acceptors (Lipinski definition) is 2. The molecule has 2 nitrogen and oxygen atoms in total. The Kier molecular flexibility index (Phi) is 5.07. The van der Waals surface area contributed by atoms with Crippen LogP contribution in [0.25, 0.3) is 0 Å². The highest BCUT2D eigenvalue weighted by Crippen LogP contribution is 2.41. The van der Waals surface area contributed by atoms with E-state index in [0.717, 1.165) is 0 Å². The summed E-state index contributed by atoms with van der Waals surface area (Å²) in [5.74, 6) is -9.40. The van der Waals surface area contributed by atoms with Gasteiger partial charge in [-0.3, -0.25) is 4.90 Å². The monoisotopic (exact) mass is 323 g/mol. The van der Waals surface area contributed by atoms with Gasteiger partial charge in [-0.25, -0.2) is 22.0 Å². The normalized spacial score (nSPS) is 17.0. The summed E-state index contributed by atoms with van der Waals surface area (Å²) in [6.07, 6.45) is 0.448. The topological polar surface area (TPSA) is 12.5 Å². The second-order valence-corrected chi connectivity index (χ2v) is 5.28. The van der Waals surface area contributed by atoms with E-state index in [4.69, 9.17) is 4.74 Å². The van der Waals surface area contributed by atoms with Gasteiger partial charge in [0.1, 0.15) is 0 Å². The molecule has 124 valence electrons. The summed E-state index contributed by atoms with van der Waals surface area (Å²) >= 11 is 0. The fraction of sp³-hybridized carbons (Fsp3) is 0.600. The van der Waals surface area contributed by atoms with E-state index >= 15 is 0 Å². The molecule has 0 unspecified atom stereocenters. The minimum absolute atomic E-state index is 0.224. The predicted molar refractivity (Wildman–Crippen MR) is 70.9 cm³/mol. The van der Waals surface area contributed by atoms with E-state index in [-0.39, 0.29) is 12.8 Å². The maximum absolute atomic E-state index is 14.2. The average molecular weight is 323 g/mol. The molecule has 0 aromatic heterocycles. The van der Waals surface area contributed by atoms with Crippen LogP contribution in [-0.2, 0) is 10.3 Å². The Bertz CT molecular complexity index is 524. The van der Waals surface area contributed by atoms with Crippen molar-refractivity contribution < 1.29 is 26.7 Å². The number of morpholine rings is 1. The minimum atomic E-state index is -2.12. The molecule has 7 heteroatoms. The van der Waals surface area contributed by atoms with Crippen molar-refractivity contribution in [2.24, 2.45) is 0 Å². The summed E-state index contributed by atoms with van der Waals surface area (Å²) in [4.78, 5) is 1.74. The summed E-state index contributed by atoms with van der Waals surface area (Å²) in [5.41, 5.74) is -1.98. The molecule has 0 bridgehead atoms. The third kappa shape index (κ3) is 2.50. The Morgan fingerprint density at radius 2 is 1.23 bits per heavy atom. The zero-order valence-corrected chi connectivity index (χ0v) is 12.5. The Labute approximate surface area is 125 Å². The van der Waals surface area contributed by atoms with Crippen LogP contribution in [0.5, 0.6) is 0 Å². The van der Waals surface area contributed by atoms with E-state index in [1.165, 1.54) is 0 Å². The summed E-state index contributed by atoms with van der Waals surface area (Å²) in [6.45, 7) is 4.82. The molecule has 22 heavy (non-hydrogen) atoms. The SMILES string of the molecule is CCC(CC)(c1c(F)c(F)c(F)c(F)c1F)N1CCOCC1. The first-order valence-corrected chi connectivity index (χ1v) is 7.25. The molecule has 1 aliphatic heterocycles. The number of ether oxygens (including phenoxy) is 1. The lowest BCUT2D eigenvalue weighted by atomic mass is 9.81. The van der Waals surface area contributed by atoms with Crippen LogP contribution in [0.15, 0.2) is 0 Å². The van der Waals surface area contributed by atoms with Crippen LogP contribution in [0.2, 0.25) is 0 Å². The highest BCUT2D eigenvalue weighted by molar-refractivity contribution is 5.31. The third-order valence-corrected chi connectivity index (χ3v) is 4.46. The van der Waals surface area contributed by atoms with Crippen LogP contribution in [0.1, 0.15) is 32.3 Å². The number of rotatable bonds is 4. The smallest absolute Gasteiger partial charge is 0.200 e. The van der Waals surface area contributed by atoms with Gasteiger partial charge < -0.3 is 4.74 Å². The van der Waals surface area contributed by atoms with Gasteiger partial charge in [-0.15, -0.1) is 0 Å². The fourth-order valence-electron chi connectivity index (χ4n) is 3.21. The van der Waals surface area contributed by atoms with Crippen LogP contribution >= 0.6 is 0 Å². The summed E-state index contributed by atoms with van der Waals surface area (Å²) < 4.78 is 74.1. The second-order valence-electron chi connectivity index (χ2n) is 5.28. The molecular weight excluding hydrogens is 305 g/mol. The molecule has 1 aliphatic rings. The van der Waals surface area contributed by atoms with Crippen molar-refractivity contribution in [3.8, 4) is 0 Å². The van der Waals surface area contributed by atoms with Gasteiger partial charge in [0.2, 0.25) is 5.82 Å². The van der Waals surface area contributed by atoms with Gasteiger partial charge in [0, 0.05) is 13.1 Å². The zero-order valence-electron chi connectivity index (χ0n) is 12.5. The summed E-state index contributed by atoms with van der Waals surface area (Å²) in [7, 11) is 0. The van der Waals surface area contributed by atoms with Crippen LogP contribution in [-0.4, -0.2) is 31.2 Å². The van der Waals surface area contributed by atoms with Gasteiger partial charge in [0.15, 0.2) is 23.3 Å². The average Bonchev–Trinajstić information content (AvgIpc) is 2.56.